The lowest BCUT2D eigenvalue weighted by atomic mass is 10.1. The van der Waals surface area contributed by atoms with E-state index in [2.05, 4.69) is 62.4 Å². The molecule has 0 bridgehead atoms. The zero-order valence-corrected chi connectivity index (χ0v) is 20.1. The molecular weight excluding hydrogens is 464 g/mol. The summed E-state index contributed by atoms with van der Waals surface area (Å²) in [5.41, 5.74) is 1.07. The number of hydrogen-bond acceptors (Lipinski definition) is 9. The summed E-state index contributed by atoms with van der Waals surface area (Å²) >= 11 is 0. The minimum absolute atomic E-state index is 0.0231. The van der Waals surface area contributed by atoms with Crippen LogP contribution in [0.25, 0.3) is 11.2 Å². The van der Waals surface area contributed by atoms with E-state index in [0.717, 1.165) is 18.9 Å². The molecule has 1 aliphatic rings. The number of anilines is 4. The third kappa shape index (κ3) is 4.09. The molecule has 0 saturated carbocycles. The van der Waals surface area contributed by atoms with E-state index < -0.39 is 6.09 Å². The quantitative estimate of drug-likeness (QED) is 0.378. The van der Waals surface area contributed by atoms with Crippen LogP contribution in [0.3, 0.4) is 0 Å². The highest BCUT2D eigenvalue weighted by atomic mass is 16.5. The number of hydrogen-bond donors (Lipinski definition) is 3. The first-order valence-corrected chi connectivity index (χ1v) is 11.2. The van der Waals surface area contributed by atoms with Crippen molar-refractivity contribution < 1.29 is 14.6 Å². The molecule has 3 N–H and O–H groups in total. The first-order valence-electron chi connectivity index (χ1n) is 11.2. The maximum absolute atomic E-state index is 10.9. The van der Waals surface area contributed by atoms with Crippen molar-refractivity contribution in [3.63, 3.8) is 0 Å². The summed E-state index contributed by atoms with van der Waals surface area (Å²) < 4.78 is 9.54. The van der Waals surface area contributed by atoms with E-state index in [0.29, 0.717) is 28.7 Å². The predicted octanol–water partition coefficient (Wildman–Crippen LogP) is 3.68. The summed E-state index contributed by atoms with van der Waals surface area (Å²) in [4.78, 5) is 26.0. The van der Waals surface area contributed by atoms with Crippen molar-refractivity contribution in [1.29, 1.82) is 5.26 Å². The van der Waals surface area contributed by atoms with Gasteiger partial charge in [0.2, 0.25) is 5.95 Å². The average Bonchev–Trinajstić information content (AvgIpc) is 3.46. The van der Waals surface area contributed by atoms with Crippen LogP contribution in [0.2, 0.25) is 0 Å². The van der Waals surface area contributed by atoms with Crippen LogP contribution in [0.1, 0.15) is 26.3 Å². The van der Waals surface area contributed by atoms with Crippen LogP contribution >= 0.6 is 0 Å². The normalized spacial score (nSPS) is 12.9. The van der Waals surface area contributed by atoms with Crippen LogP contribution in [-0.4, -0.2) is 52.6 Å². The first-order chi connectivity index (χ1) is 17.1. The average molecular weight is 489 g/mol. The molecule has 5 rings (SSSR count). The van der Waals surface area contributed by atoms with Crippen LogP contribution in [0, 0.1) is 11.3 Å². The highest BCUT2D eigenvalue weighted by Crippen LogP contribution is 2.34. The Morgan fingerprint density at radius 1 is 1.22 bits per heavy atom. The fourth-order valence-electron chi connectivity index (χ4n) is 4.18. The molecular formula is C23H24N10O3. The molecule has 13 nitrogen and oxygen atoms in total. The van der Waals surface area contributed by atoms with E-state index in [4.69, 9.17) is 9.84 Å². The monoisotopic (exact) mass is 488 g/mol. The van der Waals surface area contributed by atoms with E-state index >= 15 is 0 Å². The number of carboxylic acid groups (broad SMARTS) is 1. The lowest BCUT2D eigenvalue weighted by Gasteiger charge is -2.32. The molecule has 4 aromatic rings. The topological polar surface area (TPSA) is 159 Å². The molecule has 0 unspecified atom stereocenters. The van der Waals surface area contributed by atoms with Gasteiger partial charge in [0.1, 0.15) is 34.5 Å². The van der Waals surface area contributed by atoms with Gasteiger partial charge in [-0.2, -0.15) is 15.3 Å². The summed E-state index contributed by atoms with van der Waals surface area (Å²) in [5.74, 6) is 2.74. The largest absolute Gasteiger partial charge is 0.465 e. The Morgan fingerprint density at radius 3 is 2.75 bits per heavy atom. The van der Waals surface area contributed by atoms with Crippen molar-refractivity contribution in [2.75, 3.05) is 22.1 Å². The number of imidazole rings is 1. The molecule has 0 aliphatic carbocycles. The predicted molar refractivity (Wildman–Crippen MR) is 132 cm³/mol. The van der Waals surface area contributed by atoms with E-state index in [9.17, 15) is 10.1 Å². The van der Waals surface area contributed by atoms with Gasteiger partial charge in [-0.15, -0.1) is 0 Å². The van der Waals surface area contributed by atoms with Crippen molar-refractivity contribution in [1.82, 2.24) is 29.3 Å². The van der Waals surface area contributed by atoms with E-state index in [-0.39, 0.29) is 22.7 Å². The first kappa shape index (κ1) is 22.9. The summed E-state index contributed by atoms with van der Waals surface area (Å²) in [7, 11) is 1.77. The van der Waals surface area contributed by atoms with Crippen molar-refractivity contribution in [3.8, 4) is 17.6 Å². The van der Waals surface area contributed by atoms with Crippen LogP contribution < -0.4 is 20.3 Å². The lowest BCUT2D eigenvalue weighted by molar-refractivity contribution is 0.209. The smallest absolute Gasteiger partial charge is 0.410 e. The van der Waals surface area contributed by atoms with Gasteiger partial charge in [-0.25, -0.2) is 19.4 Å². The van der Waals surface area contributed by atoms with Gasteiger partial charge in [-0.1, -0.05) is 0 Å². The molecule has 5 heterocycles. The molecule has 4 aromatic heterocycles. The second-order valence-electron chi connectivity index (χ2n) is 9.24. The zero-order valence-electron chi connectivity index (χ0n) is 20.1. The standard InChI is InChI=1S/C23H24N10O3/c1-23(2,3)32-7-8-33-18(32)10-17(30-33)27-21-29-20-19(31(21)4)14(11-24)15(12-26-20)36-13-5-6-25-16(9-13)28-22(34)35/h5-6,9-10,12H,7-8H2,1-4H3,(H,25,28)(H,34,35)(H,26,27,29,30). The Bertz CT molecular complexity index is 1530. The molecule has 0 aromatic carbocycles. The number of nitrogens with zero attached hydrogens (tertiary/aromatic N) is 8. The third-order valence-electron chi connectivity index (χ3n) is 5.79. The van der Waals surface area contributed by atoms with Gasteiger partial charge in [0.25, 0.3) is 0 Å². The number of aryl methyl sites for hydroxylation is 1. The Kier molecular flexibility index (Phi) is 5.36. The van der Waals surface area contributed by atoms with Gasteiger partial charge in [0.15, 0.2) is 17.2 Å². The maximum atomic E-state index is 10.9. The van der Waals surface area contributed by atoms with Crippen LogP contribution in [0.15, 0.2) is 30.6 Å². The van der Waals surface area contributed by atoms with Crippen LogP contribution in [0.4, 0.5) is 28.2 Å². The molecule has 0 spiro atoms. The molecule has 0 radical (unpaired) electrons. The minimum atomic E-state index is -1.25. The highest BCUT2D eigenvalue weighted by Gasteiger charge is 2.30. The third-order valence-corrected chi connectivity index (χ3v) is 5.79. The number of carbonyl (C=O) groups is 1. The molecule has 0 saturated heterocycles. The Balaban J connectivity index is 1.45. The molecule has 0 atom stereocenters. The molecule has 184 valence electrons. The lowest BCUT2D eigenvalue weighted by Crippen LogP contribution is -2.40. The van der Waals surface area contributed by atoms with Gasteiger partial charge in [-0.05, 0) is 26.8 Å². The molecule has 0 fully saturated rings. The summed E-state index contributed by atoms with van der Waals surface area (Å²) in [5, 5.41) is 28.9. The Labute approximate surface area is 206 Å². The van der Waals surface area contributed by atoms with Crippen molar-refractivity contribution in [2.24, 2.45) is 7.05 Å². The summed E-state index contributed by atoms with van der Waals surface area (Å²) in [6.45, 7) is 8.20. The minimum Gasteiger partial charge on any atom is -0.465 e. The van der Waals surface area contributed by atoms with Crippen LogP contribution in [0.5, 0.6) is 11.5 Å². The second-order valence-corrected chi connectivity index (χ2v) is 9.24. The van der Waals surface area contributed by atoms with Crippen molar-refractivity contribution in [3.05, 3.63) is 36.2 Å². The summed E-state index contributed by atoms with van der Waals surface area (Å²) in [6.07, 6.45) is 1.56. The second kappa shape index (κ2) is 8.42. The van der Waals surface area contributed by atoms with Crippen molar-refractivity contribution in [2.45, 2.75) is 32.9 Å². The number of nitriles is 1. The van der Waals surface area contributed by atoms with Gasteiger partial charge in [-0.3, -0.25) is 5.32 Å². The maximum Gasteiger partial charge on any atom is 0.410 e. The van der Waals surface area contributed by atoms with Gasteiger partial charge < -0.3 is 24.6 Å². The zero-order chi connectivity index (χ0) is 25.6. The van der Waals surface area contributed by atoms with Crippen molar-refractivity contribution >= 4 is 40.7 Å². The number of aromatic nitrogens is 6. The number of amides is 1. The number of ether oxygens (including phenoxy) is 1. The number of rotatable bonds is 5. The number of nitrogens with one attached hydrogen (secondary N) is 2. The Hall–Kier alpha value is -4.86. The molecule has 13 heteroatoms. The molecule has 1 aliphatic heterocycles. The molecule has 1 amide bonds. The molecule has 36 heavy (non-hydrogen) atoms. The fraction of sp³-hybridized carbons (Fsp3) is 0.304. The van der Waals surface area contributed by atoms with Gasteiger partial charge >= 0.3 is 6.09 Å². The van der Waals surface area contributed by atoms with Gasteiger partial charge in [0, 0.05) is 37.5 Å². The van der Waals surface area contributed by atoms with E-state index in [1.165, 1.54) is 18.5 Å². The fourth-order valence-corrected chi connectivity index (χ4v) is 4.18. The number of pyridine rings is 2. The highest BCUT2D eigenvalue weighted by molar-refractivity contribution is 5.84. The van der Waals surface area contributed by atoms with Gasteiger partial charge in [0.05, 0.1) is 12.7 Å². The van der Waals surface area contributed by atoms with E-state index in [1.54, 1.807) is 17.7 Å². The van der Waals surface area contributed by atoms with E-state index in [1.807, 2.05) is 10.7 Å². The van der Waals surface area contributed by atoms with Crippen LogP contribution in [-0.2, 0) is 13.6 Å². The summed E-state index contributed by atoms with van der Waals surface area (Å²) in [6, 6.07) is 7.12. The number of fused-ring (bicyclic) bond motifs is 2. The SMILES string of the molecule is Cn1c(Nc2cc3n(n2)CCN3C(C)(C)C)nc2ncc(Oc3ccnc(NC(=O)O)c3)c(C#N)c21. The Morgan fingerprint density at radius 2 is 2.03 bits per heavy atom.